The monoisotopic (exact) mass is 209 g/mol. The molecule has 74 valence electrons. The molecule has 2 heterocycles. The maximum absolute atomic E-state index is 5.54. The molecule has 0 spiro atoms. The Hall–Kier alpha value is -1.56. The second-order valence-corrected chi connectivity index (χ2v) is 3.71. The van der Waals surface area contributed by atoms with Gasteiger partial charge in [-0.05, 0) is 22.4 Å². The highest BCUT2D eigenvalue weighted by molar-refractivity contribution is 7.07. The van der Waals surface area contributed by atoms with Crippen molar-refractivity contribution in [2.75, 3.05) is 11.1 Å². The Balaban J connectivity index is 2.02. The van der Waals surface area contributed by atoms with Crippen molar-refractivity contribution in [1.29, 1.82) is 0 Å². The molecule has 6 heteroatoms. The van der Waals surface area contributed by atoms with Gasteiger partial charge in [0.2, 0.25) is 11.9 Å². The van der Waals surface area contributed by atoms with Gasteiger partial charge < -0.3 is 11.1 Å². The molecule has 0 atom stereocenters. The number of nitrogens with one attached hydrogen (secondary N) is 1. The van der Waals surface area contributed by atoms with E-state index in [4.69, 9.17) is 5.73 Å². The van der Waals surface area contributed by atoms with E-state index < -0.39 is 0 Å². The smallest absolute Gasteiger partial charge is 0.226 e. The van der Waals surface area contributed by atoms with Crippen LogP contribution in [0.4, 0.5) is 11.9 Å². The second kappa shape index (κ2) is 3.67. The minimum atomic E-state index is 0.415. The first-order valence-corrected chi connectivity index (χ1v) is 5.11. The van der Waals surface area contributed by atoms with Gasteiger partial charge in [-0.2, -0.15) is 11.3 Å². The van der Waals surface area contributed by atoms with Gasteiger partial charge in [-0.3, -0.25) is 4.57 Å². The van der Waals surface area contributed by atoms with Crippen molar-refractivity contribution in [3.8, 4) is 0 Å². The first-order chi connectivity index (χ1) is 6.77. The maximum Gasteiger partial charge on any atom is 0.226 e. The summed E-state index contributed by atoms with van der Waals surface area (Å²) in [6.45, 7) is 0.746. The standard InChI is InChI=1S/C8H11N5S/c1-13-7(9)11-12-8(13)10-4-6-2-3-14-5-6/h2-3,5H,4H2,1H3,(H2,9,11)(H,10,12). The molecule has 2 aromatic rings. The van der Waals surface area contributed by atoms with Crippen LogP contribution in [0.15, 0.2) is 16.8 Å². The summed E-state index contributed by atoms with van der Waals surface area (Å²) in [6, 6.07) is 2.07. The van der Waals surface area contributed by atoms with Crippen molar-refractivity contribution < 1.29 is 0 Å². The lowest BCUT2D eigenvalue weighted by molar-refractivity contribution is 0.910. The number of hydrogen-bond donors (Lipinski definition) is 2. The SMILES string of the molecule is Cn1c(N)nnc1NCc1ccsc1. The number of anilines is 2. The van der Waals surface area contributed by atoms with Crippen molar-refractivity contribution in [3.05, 3.63) is 22.4 Å². The van der Waals surface area contributed by atoms with Crippen molar-refractivity contribution in [2.24, 2.45) is 7.05 Å². The van der Waals surface area contributed by atoms with Gasteiger partial charge in [0.05, 0.1) is 0 Å². The van der Waals surface area contributed by atoms with Gasteiger partial charge in [0.15, 0.2) is 0 Å². The van der Waals surface area contributed by atoms with Crippen molar-refractivity contribution in [2.45, 2.75) is 6.54 Å². The van der Waals surface area contributed by atoms with E-state index in [0.29, 0.717) is 11.9 Å². The van der Waals surface area contributed by atoms with Gasteiger partial charge >= 0.3 is 0 Å². The molecular weight excluding hydrogens is 198 g/mol. The summed E-state index contributed by atoms with van der Waals surface area (Å²) in [6.07, 6.45) is 0. The van der Waals surface area contributed by atoms with E-state index in [9.17, 15) is 0 Å². The van der Waals surface area contributed by atoms with Gasteiger partial charge in [0.25, 0.3) is 0 Å². The van der Waals surface area contributed by atoms with Crippen LogP contribution in [-0.2, 0) is 13.6 Å². The Kier molecular flexibility index (Phi) is 2.36. The van der Waals surface area contributed by atoms with Gasteiger partial charge in [-0.15, -0.1) is 10.2 Å². The topological polar surface area (TPSA) is 68.8 Å². The van der Waals surface area contributed by atoms with E-state index in [1.165, 1.54) is 5.56 Å². The molecule has 0 bridgehead atoms. The summed E-state index contributed by atoms with van der Waals surface area (Å²) >= 11 is 1.68. The quantitative estimate of drug-likeness (QED) is 0.793. The zero-order valence-electron chi connectivity index (χ0n) is 7.77. The van der Waals surface area contributed by atoms with Crippen LogP contribution in [0.25, 0.3) is 0 Å². The van der Waals surface area contributed by atoms with Crippen LogP contribution in [0, 0.1) is 0 Å². The third kappa shape index (κ3) is 1.69. The number of nitrogens with zero attached hydrogens (tertiary/aromatic N) is 3. The van der Waals surface area contributed by atoms with Crippen molar-refractivity contribution in [1.82, 2.24) is 14.8 Å². The lowest BCUT2D eigenvalue weighted by Crippen LogP contribution is -2.05. The summed E-state index contributed by atoms with van der Waals surface area (Å²) in [5.41, 5.74) is 6.77. The minimum absolute atomic E-state index is 0.415. The average Bonchev–Trinajstić information content (AvgIpc) is 2.77. The highest BCUT2D eigenvalue weighted by Gasteiger charge is 2.03. The van der Waals surface area contributed by atoms with E-state index >= 15 is 0 Å². The third-order valence-electron chi connectivity index (χ3n) is 1.94. The van der Waals surface area contributed by atoms with Crippen LogP contribution in [-0.4, -0.2) is 14.8 Å². The molecule has 0 unspecified atom stereocenters. The summed E-state index contributed by atoms with van der Waals surface area (Å²) in [5.74, 6) is 1.10. The number of hydrogen-bond acceptors (Lipinski definition) is 5. The Morgan fingerprint density at radius 1 is 1.57 bits per heavy atom. The van der Waals surface area contributed by atoms with Crippen LogP contribution in [0.1, 0.15) is 5.56 Å². The average molecular weight is 209 g/mol. The highest BCUT2D eigenvalue weighted by Crippen LogP contribution is 2.10. The molecule has 0 saturated heterocycles. The van der Waals surface area contributed by atoms with E-state index in [0.717, 1.165) is 6.54 Å². The first-order valence-electron chi connectivity index (χ1n) is 4.17. The van der Waals surface area contributed by atoms with E-state index in [-0.39, 0.29) is 0 Å². The second-order valence-electron chi connectivity index (χ2n) is 2.93. The van der Waals surface area contributed by atoms with Crippen LogP contribution in [0.5, 0.6) is 0 Å². The molecule has 14 heavy (non-hydrogen) atoms. The predicted octanol–water partition coefficient (Wildman–Crippen LogP) is 1.07. The lowest BCUT2D eigenvalue weighted by atomic mass is 10.3. The fraction of sp³-hybridized carbons (Fsp3) is 0.250. The number of nitrogen functional groups attached to an aromatic ring is 1. The number of rotatable bonds is 3. The molecule has 0 aliphatic heterocycles. The van der Waals surface area contributed by atoms with Crippen molar-refractivity contribution >= 4 is 23.2 Å². The summed E-state index contributed by atoms with van der Waals surface area (Å²) in [4.78, 5) is 0. The summed E-state index contributed by atoms with van der Waals surface area (Å²) in [7, 11) is 1.82. The Bertz CT molecular complexity index is 405. The largest absolute Gasteiger partial charge is 0.368 e. The third-order valence-corrected chi connectivity index (χ3v) is 2.67. The Morgan fingerprint density at radius 2 is 2.43 bits per heavy atom. The van der Waals surface area contributed by atoms with Crippen LogP contribution < -0.4 is 11.1 Å². The zero-order chi connectivity index (χ0) is 9.97. The van der Waals surface area contributed by atoms with Gasteiger partial charge in [-0.25, -0.2) is 0 Å². The Morgan fingerprint density at radius 3 is 3.00 bits per heavy atom. The number of aromatic nitrogens is 3. The van der Waals surface area contributed by atoms with Crippen LogP contribution in [0.2, 0.25) is 0 Å². The molecular formula is C8H11N5S. The molecule has 2 aromatic heterocycles. The van der Waals surface area contributed by atoms with Crippen LogP contribution >= 0.6 is 11.3 Å². The lowest BCUT2D eigenvalue weighted by Gasteiger charge is -2.03. The molecule has 0 amide bonds. The molecule has 2 rings (SSSR count). The molecule has 0 fully saturated rings. The minimum Gasteiger partial charge on any atom is -0.368 e. The van der Waals surface area contributed by atoms with Crippen molar-refractivity contribution in [3.63, 3.8) is 0 Å². The maximum atomic E-state index is 5.54. The van der Waals surface area contributed by atoms with E-state index in [1.54, 1.807) is 15.9 Å². The normalized spacial score (nSPS) is 10.4. The fourth-order valence-electron chi connectivity index (χ4n) is 1.07. The molecule has 5 nitrogen and oxygen atoms in total. The number of thiophene rings is 1. The molecule has 3 N–H and O–H groups in total. The summed E-state index contributed by atoms with van der Waals surface area (Å²) in [5, 5.41) is 14.9. The summed E-state index contributed by atoms with van der Waals surface area (Å²) < 4.78 is 1.71. The van der Waals surface area contributed by atoms with E-state index in [1.807, 2.05) is 12.4 Å². The van der Waals surface area contributed by atoms with Gasteiger partial charge in [-0.1, -0.05) is 0 Å². The van der Waals surface area contributed by atoms with Gasteiger partial charge in [0, 0.05) is 13.6 Å². The van der Waals surface area contributed by atoms with E-state index in [2.05, 4.69) is 27.0 Å². The van der Waals surface area contributed by atoms with Crippen LogP contribution in [0.3, 0.4) is 0 Å². The molecule has 0 aliphatic rings. The molecule has 0 radical (unpaired) electrons. The molecule has 0 aliphatic carbocycles. The highest BCUT2D eigenvalue weighted by atomic mass is 32.1. The number of nitrogens with two attached hydrogens (primary N) is 1. The fourth-order valence-corrected chi connectivity index (χ4v) is 1.74. The van der Waals surface area contributed by atoms with Gasteiger partial charge in [0.1, 0.15) is 0 Å². The predicted molar refractivity (Wildman–Crippen MR) is 57.1 cm³/mol. The zero-order valence-corrected chi connectivity index (χ0v) is 8.58. The molecule has 0 saturated carbocycles. The first kappa shape index (κ1) is 9.01. The Labute approximate surface area is 85.6 Å². The molecule has 0 aromatic carbocycles.